The average Bonchev–Trinajstić information content (AvgIpc) is 2.70. The number of hydrogen-bond donors (Lipinski definition) is 1. The van der Waals surface area contributed by atoms with E-state index in [2.05, 4.69) is 6.07 Å². The molecule has 1 aliphatic heterocycles. The van der Waals surface area contributed by atoms with Crippen molar-refractivity contribution in [2.75, 3.05) is 13.7 Å². The summed E-state index contributed by atoms with van der Waals surface area (Å²) >= 11 is 0. The number of aliphatic hydroxyl groups excluding tert-OH is 1. The van der Waals surface area contributed by atoms with Gasteiger partial charge >= 0.3 is 0 Å². The summed E-state index contributed by atoms with van der Waals surface area (Å²) in [6.07, 6.45) is -0.682. The van der Waals surface area contributed by atoms with E-state index in [1.807, 2.05) is 26.8 Å². The van der Waals surface area contributed by atoms with Gasteiger partial charge in [0.1, 0.15) is 11.8 Å². The van der Waals surface area contributed by atoms with Crippen LogP contribution in [0.4, 0.5) is 0 Å². The molecule has 5 heteroatoms. The van der Waals surface area contributed by atoms with Gasteiger partial charge < -0.3 is 14.7 Å². The third-order valence-electron chi connectivity index (χ3n) is 4.01. The minimum absolute atomic E-state index is 0.124. The second-order valence-electron chi connectivity index (χ2n) is 6.09. The zero-order valence-electron chi connectivity index (χ0n) is 13.7. The summed E-state index contributed by atoms with van der Waals surface area (Å²) in [4.78, 5) is 14.2. The van der Waals surface area contributed by atoms with Crippen LogP contribution in [-0.2, 0) is 0 Å². The standard InChI is InChI=1S/C17H22N2O3/c1-9(2)14-13(22-5)6-10(3)15-16(14)12(7-18)19(17(15)21)8-11(4)20/h6,9,11-12,20H,8H2,1-5H3. The monoisotopic (exact) mass is 302 g/mol. The first kappa shape index (κ1) is 16.3. The minimum atomic E-state index is -0.682. The number of aryl methyl sites for hydroxylation is 1. The number of fused-ring (bicyclic) bond motifs is 1. The lowest BCUT2D eigenvalue weighted by atomic mass is 9.88. The Bertz CT molecular complexity index is 644. The molecular formula is C17H22N2O3. The Morgan fingerprint density at radius 1 is 1.45 bits per heavy atom. The van der Waals surface area contributed by atoms with Gasteiger partial charge in [-0.2, -0.15) is 5.26 Å². The zero-order valence-corrected chi connectivity index (χ0v) is 13.7. The molecule has 0 bridgehead atoms. The van der Waals surface area contributed by atoms with E-state index in [1.54, 1.807) is 14.0 Å². The van der Waals surface area contributed by atoms with Gasteiger partial charge in [-0.05, 0) is 31.4 Å². The fourth-order valence-corrected chi connectivity index (χ4v) is 3.18. The van der Waals surface area contributed by atoms with Gasteiger partial charge in [0.25, 0.3) is 5.91 Å². The number of nitrogens with zero attached hydrogens (tertiary/aromatic N) is 2. The number of methoxy groups -OCH3 is 1. The highest BCUT2D eigenvalue weighted by Crippen LogP contribution is 2.44. The van der Waals surface area contributed by atoms with Crippen molar-refractivity contribution in [3.05, 3.63) is 28.3 Å². The number of benzene rings is 1. The molecule has 1 aliphatic rings. The van der Waals surface area contributed by atoms with Crippen molar-refractivity contribution in [2.45, 2.75) is 45.8 Å². The van der Waals surface area contributed by atoms with Crippen molar-refractivity contribution in [3.8, 4) is 11.8 Å². The number of carbonyl (C=O) groups excluding carboxylic acids is 1. The first-order valence-electron chi connectivity index (χ1n) is 7.43. The predicted octanol–water partition coefficient (Wildman–Crippen LogP) is 2.53. The number of β-amino-alcohol motifs (C(OH)–C–C–N with tert-alkyl or cyclic N) is 1. The van der Waals surface area contributed by atoms with Crippen molar-refractivity contribution < 1.29 is 14.6 Å². The molecule has 2 atom stereocenters. The van der Waals surface area contributed by atoms with E-state index in [4.69, 9.17) is 4.74 Å². The van der Waals surface area contributed by atoms with Gasteiger partial charge in [0.2, 0.25) is 0 Å². The fourth-order valence-electron chi connectivity index (χ4n) is 3.18. The molecule has 1 aromatic carbocycles. The molecule has 1 N–H and O–H groups in total. The number of nitriles is 1. The molecular weight excluding hydrogens is 280 g/mol. The topological polar surface area (TPSA) is 73.6 Å². The van der Waals surface area contributed by atoms with Crippen LogP contribution in [0.5, 0.6) is 5.75 Å². The van der Waals surface area contributed by atoms with E-state index >= 15 is 0 Å². The number of aliphatic hydroxyl groups is 1. The Morgan fingerprint density at radius 2 is 2.09 bits per heavy atom. The van der Waals surface area contributed by atoms with E-state index in [0.717, 1.165) is 16.7 Å². The lowest BCUT2D eigenvalue weighted by Gasteiger charge is -2.23. The number of amides is 1. The predicted molar refractivity (Wildman–Crippen MR) is 82.9 cm³/mol. The van der Waals surface area contributed by atoms with Crippen LogP contribution in [-0.4, -0.2) is 35.7 Å². The lowest BCUT2D eigenvalue weighted by Crippen LogP contribution is -2.34. The van der Waals surface area contributed by atoms with Crippen molar-refractivity contribution in [1.29, 1.82) is 5.26 Å². The Kier molecular flexibility index (Phi) is 4.43. The highest BCUT2D eigenvalue weighted by Gasteiger charge is 2.41. The van der Waals surface area contributed by atoms with Crippen molar-refractivity contribution >= 4 is 5.91 Å². The molecule has 0 fully saturated rings. The van der Waals surface area contributed by atoms with Crippen molar-refractivity contribution in [2.24, 2.45) is 0 Å². The Labute approximate surface area is 131 Å². The molecule has 0 saturated carbocycles. The van der Waals surface area contributed by atoms with E-state index in [-0.39, 0.29) is 18.4 Å². The normalized spacial score (nSPS) is 18.4. The summed E-state index contributed by atoms with van der Waals surface area (Å²) in [6, 6.07) is 3.39. The van der Waals surface area contributed by atoms with Crippen LogP contribution in [0.2, 0.25) is 0 Å². The Balaban J connectivity index is 2.73. The van der Waals surface area contributed by atoms with E-state index < -0.39 is 12.1 Å². The van der Waals surface area contributed by atoms with Crippen LogP contribution in [0, 0.1) is 18.3 Å². The number of rotatable bonds is 4. The quantitative estimate of drug-likeness (QED) is 0.927. The minimum Gasteiger partial charge on any atom is -0.496 e. The van der Waals surface area contributed by atoms with E-state index in [9.17, 15) is 15.2 Å². The third-order valence-corrected chi connectivity index (χ3v) is 4.01. The maximum absolute atomic E-state index is 12.7. The highest BCUT2D eigenvalue weighted by atomic mass is 16.5. The first-order valence-corrected chi connectivity index (χ1v) is 7.43. The van der Waals surface area contributed by atoms with Crippen LogP contribution in [0.1, 0.15) is 59.8 Å². The van der Waals surface area contributed by atoms with Crippen molar-refractivity contribution in [3.63, 3.8) is 0 Å². The highest BCUT2D eigenvalue weighted by molar-refractivity contribution is 6.02. The van der Waals surface area contributed by atoms with E-state index in [0.29, 0.717) is 11.3 Å². The van der Waals surface area contributed by atoms with Gasteiger partial charge in [-0.3, -0.25) is 4.79 Å². The van der Waals surface area contributed by atoms with Gasteiger partial charge in [0.15, 0.2) is 0 Å². The molecule has 1 amide bonds. The molecule has 0 saturated heterocycles. The smallest absolute Gasteiger partial charge is 0.255 e. The maximum atomic E-state index is 12.7. The molecule has 0 spiro atoms. The van der Waals surface area contributed by atoms with Crippen molar-refractivity contribution in [1.82, 2.24) is 4.90 Å². The third kappa shape index (κ3) is 2.44. The fraction of sp³-hybridized carbons (Fsp3) is 0.529. The molecule has 0 aromatic heterocycles. The molecule has 0 radical (unpaired) electrons. The summed E-state index contributed by atoms with van der Waals surface area (Å²) in [5.41, 5.74) is 3.02. The first-order chi connectivity index (χ1) is 10.3. The molecule has 1 heterocycles. The number of ether oxygens (including phenoxy) is 1. The molecule has 1 aromatic rings. The van der Waals surface area contributed by atoms with Crippen LogP contribution in [0.25, 0.3) is 0 Å². The largest absolute Gasteiger partial charge is 0.496 e. The van der Waals surface area contributed by atoms with Gasteiger partial charge in [-0.25, -0.2) is 0 Å². The molecule has 2 unspecified atom stereocenters. The summed E-state index contributed by atoms with van der Waals surface area (Å²) in [5.74, 6) is 0.641. The average molecular weight is 302 g/mol. The summed E-state index contributed by atoms with van der Waals surface area (Å²) < 4.78 is 5.47. The van der Waals surface area contributed by atoms with Crippen LogP contribution in [0.15, 0.2) is 6.07 Å². The summed E-state index contributed by atoms with van der Waals surface area (Å²) in [6.45, 7) is 7.64. The molecule has 5 nitrogen and oxygen atoms in total. The van der Waals surface area contributed by atoms with Crippen LogP contribution >= 0.6 is 0 Å². The molecule has 118 valence electrons. The van der Waals surface area contributed by atoms with Gasteiger partial charge in [0.05, 0.1) is 19.3 Å². The second-order valence-corrected chi connectivity index (χ2v) is 6.09. The van der Waals surface area contributed by atoms with Gasteiger partial charge in [-0.1, -0.05) is 13.8 Å². The summed E-state index contributed by atoms with van der Waals surface area (Å²) in [5, 5.41) is 19.3. The lowest BCUT2D eigenvalue weighted by molar-refractivity contribution is 0.0640. The van der Waals surface area contributed by atoms with Gasteiger partial charge in [-0.15, -0.1) is 0 Å². The molecule has 2 rings (SSSR count). The Hall–Kier alpha value is -2.06. The van der Waals surface area contributed by atoms with Gasteiger partial charge in [0, 0.05) is 23.2 Å². The summed E-state index contributed by atoms with van der Waals surface area (Å²) in [7, 11) is 1.60. The van der Waals surface area contributed by atoms with Crippen LogP contribution in [0.3, 0.4) is 0 Å². The number of hydrogen-bond acceptors (Lipinski definition) is 4. The van der Waals surface area contributed by atoms with Crippen LogP contribution < -0.4 is 4.74 Å². The zero-order chi connectivity index (χ0) is 16.6. The van der Waals surface area contributed by atoms with E-state index in [1.165, 1.54) is 4.90 Å². The maximum Gasteiger partial charge on any atom is 0.255 e. The molecule has 22 heavy (non-hydrogen) atoms. The molecule has 0 aliphatic carbocycles. The second kappa shape index (κ2) is 5.98. The number of carbonyl (C=O) groups is 1. The Morgan fingerprint density at radius 3 is 2.55 bits per heavy atom. The SMILES string of the molecule is COc1cc(C)c2c(c1C(C)C)C(C#N)N(CC(C)O)C2=O.